The maximum Gasteiger partial charge on any atom is 0.240 e. The Morgan fingerprint density at radius 2 is 1.81 bits per heavy atom. The third-order valence-corrected chi connectivity index (χ3v) is 3.69. The molecule has 0 unspecified atom stereocenters. The molecule has 0 amide bonds. The van der Waals surface area contributed by atoms with E-state index in [1.807, 2.05) is 30.3 Å². The Hall–Kier alpha value is -2.25. The van der Waals surface area contributed by atoms with Crippen LogP contribution in [0.5, 0.6) is 5.75 Å². The zero-order valence-electron chi connectivity index (χ0n) is 11.3. The monoisotopic (exact) mass is 307 g/mol. The molecule has 0 spiro atoms. The molecule has 0 atom stereocenters. The second kappa shape index (κ2) is 6.47. The summed E-state index contributed by atoms with van der Waals surface area (Å²) in [4.78, 5) is -0.0257. The number of rotatable bonds is 6. The second-order valence-corrected chi connectivity index (χ2v) is 5.92. The van der Waals surface area contributed by atoms with Gasteiger partial charge >= 0.3 is 0 Å². The smallest absolute Gasteiger partial charge is 0.240 e. The molecule has 0 aromatic heterocycles. The summed E-state index contributed by atoms with van der Waals surface area (Å²) in [5, 5.41) is 8.14. The Kier molecular flexibility index (Phi) is 4.66. The van der Waals surface area contributed by atoms with Crippen LogP contribution in [0.15, 0.2) is 53.4 Å². The van der Waals surface area contributed by atoms with Crippen LogP contribution in [0.4, 0.5) is 11.4 Å². The number of benzene rings is 2. The molecule has 5 N–H and O–H groups in total. The molecule has 7 heteroatoms. The van der Waals surface area contributed by atoms with Crippen LogP contribution in [0.1, 0.15) is 0 Å². The van der Waals surface area contributed by atoms with Gasteiger partial charge in [-0.3, -0.25) is 0 Å². The summed E-state index contributed by atoms with van der Waals surface area (Å²) in [5.74, 6) is 0.753. The van der Waals surface area contributed by atoms with E-state index in [1.165, 1.54) is 6.07 Å². The van der Waals surface area contributed by atoms with Gasteiger partial charge in [0.25, 0.3) is 0 Å². The van der Waals surface area contributed by atoms with Crippen molar-refractivity contribution in [3.05, 3.63) is 48.5 Å². The summed E-state index contributed by atoms with van der Waals surface area (Å²) in [6.45, 7) is 0.819. The minimum Gasteiger partial charge on any atom is -0.492 e. The quantitative estimate of drug-likeness (QED) is 0.552. The predicted molar refractivity (Wildman–Crippen MR) is 82.7 cm³/mol. The van der Waals surface area contributed by atoms with Crippen molar-refractivity contribution in [1.82, 2.24) is 0 Å². The summed E-state index contributed by atoms with van der Waals surface area (Å²) in [5.41, 5.74) is 6.33. The van der Waals surface area contributed by atoms with Crippen molar-refractivity contribution in [3.8, 4) is 5.75 Å². The summed E-state index contributed by atoms with van der Waals surface area (Å²) in [6, 6.07) is 13.9. The van der Waals surface area contributed by atoms with E-state index >= 15 is 0 Å². The van der Waals surface area contributed by atoms with Crippen LogP contribution in [0.25, 0.3) is 0 Å². The number of para-hydroxylation sites is 1. The predicted octanol–water partition coefficient (Wildman–Crippen LogP) is 1.41. The van der Waals surface area contributed by atoms with Crippen molar-refractivity contribution in [2.45, 2.75) is 4.90 Å². The van der Waals surface area contributed by atoms with E-state index in [1.54, 1.807) is 12.1 Å². The van der Waals surface area contributed by atoms with Gasteiger partial charge in [0.1, 0.15) is 17.3 Å². The van der Waals surface area contributed by atoms with E-state index in [4.69, 9.17) is 15.6 Å². The van der Waals surface area contributed by atoms with Crippen LogP contribution >= 0.6 is 0 Å². The van der Waals surface area contributed by atoms with Crippen LogP contribution < -0.4 is 20.9 Å². The molecule has 112 valence electrons. The van der Waals surface area contributed by atoms with E-state index in [2.05, 4.69) is 5.32 Å². The van der Waals surface area contributed by atoms with E-state index in [0.29, 0.717) is 24.5 Å². The fourth-order valence-electron chi connectivity index (χ4n) is 1.79. The lowest BCUT2D eigenvalue weighted by Crippen LogP contribution is -2.18. The van der Waals surface area contributed by atoms with Crippen molar-refractivity contribution < 1.29 is 13.2 Å². The summed E-state index contributed by atoms with van der Waals surface area (Å²) in [6.07, 6.45) is 0. The first-order valence-corrected chi connectivity index (χ1v) is 7.85. The van der Waals surface area contributed by atoms with Gasteiger partial charge in [-0.1, -0.05) is 18.2 Å². The Bertz CT molecular complexity index is 703. The van der Waals surface area contributed by atoms with Gasteiger partial charge in [-0.25, -0.2) is 13.6 Å². The van der Waals surface area contributed by atoms with Crippen LogP contribution in [0.3, 0.4) is 0 Å². The molecular weight excluding hydrogens is 290 g/mol. The zero-order chi connectivity index (χ0) is 15.3. The number of nitrogen functional groups attached to an aromatic ring is 1. The van der Waals surface area contributed by atoms with Gasteiger partial charge in [0.15, 0.2) is 0 Å². The number of primary sulfonamides is 1. The number of anilines is 2. The Balaban J connectivity index is 1.98. The summed E-state index contributed by atoms with van der Waals surface area (Å²) >= 11 is 0. The molecular formula is C14H17N3O3S. The van der Waals surface area contributed by atoms with Gasteiger partial charge in [0, 0.05) is 12.2 Å². The van der Waals surface area contributed by atoms with Crippen molar-refractivity contribution >= 4 is 21.4 Å². The van der Waals surface area contributed by atoms with Gasteiger partial charge in [0.2, 0.25) is 10.0 Å². The lowest BCUT2D eigenvalue weighted by atomic mass is 10.3. The largest absolute Gasteiger partial charge is 0.492 e. The third kappa shape index (κ3) is 4.37. The van der Waals surface area contributed by atoms with Gasteiger partial charge < -0.3 is 15.8 Å². The molecule has 2 aromatic rings. The molecule has 2 aromatic carbocycles. The summed E-state index contributed by atoms with van der Waals surface area (Å²) < 4.78 is 28.5. The lowest BCUT2D eigenvalue weighted by molar-refractivity contribution is 0.333. The van der Waals surface area contributed by atoms with E-state index in [0.717, 1.165) is 5.75 Å². The van der Waals surface area contributed by atoms with E-state index in [-0.39, 0.29) is 4.90 Å². The van der Waals surface area contributed by atoms with E-state index < -0.39 is 10.0 Å². The molecule has 6 nitrogen and oxygen atoms in total. The number of hydrogen-bond donors (Lipinski definition) is 3. The van der Waals surface area contributed by atoms with Crippen molar-refractivity contribution in [3.63, 3.8) is 0 Å². The molecule has 21 heavy (non-hydrogen) atoms. The molecule has 0 heterocycles. The minimum atomic E-state index is -3.83. The van der Waals surface area contributed by atoms with Crippen molar-refractivity contribution in [2.75, 3.05) is 24.2 Å². The van der Waals surface area contributed by atoms with Crippen LogP contribution in [0, 0.1) is 0 Å². The lowest BCUT2D eigenvalue weighted by Gasteiger charge is -2.12. The fraction of sp³-hybridized carbons (Fsp3) is 0.143. The molecule has 0 aliphatic rings. The Morgan fingerprint density at radius 3 is 2.48 bits per heavy atom. The van der Waals surface area contributed by atoms with E-state index in [9.17, 15) is 8.42 Å². The first kappa shape index (κ1) is 15.1. The minimum absolute atomic E-state index is 0.0257. The number of nitrogens with two attached hydrogens (primary N) is 2. The molecule has 0 aliphatic heterocycles. The highest BCUT2D eigenvalue weighted by molar-refractivity contribution is 7.89. The molecule has 0 radical (unpaired) electrons. The zero-order valence-corrected chi connectivity index (χ0v) is 12.1. The highest BCUT2D eigenvalue weighted by atomic mass is 32.2. The van der Waals surface area contributed by atoms with Gasteiger partial charge in [-0.15, -0.1) is 0 Å². The van der Waals surface area contributed by atoms with Crippen LogP contribution in [0.2, 0.25) is 0 Å². The number of ether oxygens (including phenoxy) is 1. The van der Waals surface area contributed by atoms with Crippen molar-refractivity contribution in [1.29, 1.82) is 0 Å². The van der Waals surface area contributed by atoms with Gasteiger partial charge in [-0.2, -0.15) is 0 Å². The molecule has 0 saturated heterocycles. The van der Waals surface area contributed by atoms with Gasteiger partial charge in [-0.05, 0) is 30.3 Å². The fourth-order valence-corrected chi connectivity index (χ4v) is 2.54. The molecule has 0 fully saturated rings. The van der Waals surface area contributed by atoms with Crippen LogP contribution in [-0.4, -0.2) is 21.6 Å². The topological polar surface area (TPSA) is 107 Å². The maximum atomic E-state index is 11.5. The second-order valence-electron chi connectivity index (χ2n) is 4.39. The molecule has 0 aliphatic carbocycles. The Labute approximate surface area is 123 Å². The highest BCUT2D eigenvalue weighted by Crippen LogP contribution is 2.22. The Morgan fingerprint density at radius 1 is 1.10 bits per heavy atom. The first-order valence-electron chi connectivity index (χ1n) is 6.31. The SMILES string of the molecule is Nc1ccc(NCCOc2ccccc2)c(S(N)(=O)=O)c1. The standard InChI is InChI=1S/C14H17N3O3S/c15-11-6-7-13(14(10-11)21(16,18)19)17-8-9-20-12-4-2-1-3-5-12/h1-7,10,17H,8-9,15H2,(H2,16,18,19). The molecule has 0 bridgehead atoms. The maximum absolute atomic E-state index is 11.5. The average molecular weight is 307 g/mol. The van der Waals surface area contributed by atoms with Crippen molar-refractivity contribution in [2.24, 2.45) is 5.14 Å². The summed E-state index contributed by atoms with van der Waals surface area (Å²) in [7, 11) is -3.83. The normalized spacial score (nSPS) is 11.1. The molecule has 2 rings (SSSR count). The van der Waals surface area contributed by atoms with Crippen LogP contribution in [-0.2, 0) is 10.0 Å². The number of hydrogen-bond acceptors (Lipinski definition) is 5. The molecule has 0 saturated carbocycles. The third-order valence-electron chi connectivity index (χ3n) is 2.74. The van der Waals surface area contributed by atoms with Gasteiger partial charge in [0.05, 0.1) is 5.69 Å². The highest BCUT2D eigenvalue weighted by Gasteiger charge is 2.14. The number of nitrogens with one attached hydrogen (secondary N) is 1. The number of sulfonamides is 1. The first-order chi connectivity index (χ1) is 9.97. The average Bonchev–Trinajstić information content (AvgIpc) is 2.45.